The normalized spacial score (nSPS) is 5.71. The van der Waals surface area contributed by atoms with Crippen LogP contribution in [-0.2, 0) is 0 Å². The molecule has 1 heterocycles. The maximum atomic E-state index is 3.67. The van der Waals surface area contributed by atoms with Gasteiger partial charge in [-0.3, -0.25) is 0 Å². The van der Waals surface area contributed by atoms with Crippen molar-refractivity contribution in [2.24, 2.45) is 0 Å². The summed E-state index contributed by atoms with van der Waals surface area (Å²) in [7, 11) is 0. The summed E-state index contributed by atoms with van der Waals surface area (Å²) in [6, 6.07) is 0. The minimum atomic E-state index is 0. The molecule has 0 saturated heterocycles. The lowest BCUT2D eigenvalue weighted by molar-refractivity contribution is 1.31. The fraction of sp³-hybridized carbons (Fsp3) is 0. The lowest BCUT2D eigenvalue weighted by Gasteiger charge is -1.46. The summed E-state index contributed by atoms with van der Waals surface area (Å²) in [4.78, 5) is 6.42. The highest BCUT2D eigenvalue weighted by Gasteiger charge is 1.56. The summed E-state index contributed by atoms with van der Waals surface area (Å²) in [5.41, 5.74) is 0. The number of aromatic nitrogens is 2. The van der Waals surface area contributed by atoms with Crippen molar-refractivity contribution in [1.82, 2.24) is 16.1 Å². The SMILES string of the molecule is Br.N.c1c[nH]cn1. The van der Waals surface area contributed by atoms with E-state index in [-0.39, 0.29) is 23.1 Å². The molecule has 3 nitrogen and oxygen atoms in total. The van der Waals surface area contributed by atoms with Gasteiger partial charge >= 0.3 is 0 Å². The second kappa shape index (κ2) is 5.65. The molecule has 0 fully saturated rings. The Morgan fingerprint density at radius 2 is 2.14 bits per heavy atom. The van der Waals surface area contributed by atoms with E-state index in [2.05, 4.69) is 9.97 Å². The average molecular weight is 166 g/mol. The summed E-state index contributed by atoms with van der Waals surface area (Å²) in [6.07, 6.45) is 5.08. The van der Waals surface area contributed by atoms with Crippen LogP contribution in [0.4, 0.5) is 0 Å². The Morgan fingerprint density at radius 1 is 1.43 bits per heavy atom. The third-order valence-corrected chi connectivity index (χ3v) is 0.406. The van der Waals surface area contributed by atoms with Crippen LogP contribution in [0, 0.1) is 0 Å². The van der Waals surface area contributed by atoms with Crippen molar-refractivity contribution in [3.8, 4) is 0 Å². The standard InChI is InChI=1S/C3H4N2.BrH.H3N/c1-2-5-3-4-1;;/h1-3H,(H,4,5);1H;1H3. The largest absolute Gasteiger partial charge is 0.351 e. The maximum absolute atomic E-state index is 3.67. The number of nitrogens with zero attached hydrogens (tertiary/aromatic N) is 1. The van der Waals surface area contributed by atoms with E-state index in [0.717, 1.165) is 0 Å². The van der Waals surface area contributed by atoms with Gasteiger partial charge in [-0.2, -0.15) is 0 Å². The zero-order valence-electron chi connectivity index (χ0n) is 3.79. The summed E-state index contributed by atoms with van der Waals surface area (Å²) < 4.78 is 0. The van der Waals surface area contributed by atoms with Gasteiger partial charge in [0.15, 0.2) is 0 Å². The first-order valence-corrected chi connectivity index (χ1v) is 1.43. The molecule has 0 bridgehead atoms. The lowest BCUT2D eigenvalue weighted by atomic mass is 11.0. The fourth-order valence-corrected chi connectivity index (χ4v) is 0.215. The van der Waals surface area contributed by atoms with Gasteiger partial charge in [-0.05, 0) is 0 Å². The Morgan fingerprint density at radius 3 is 2.29 bits per heavy atom. The van der Waals surface area contributed by atoms with E-state index in [1.807, 2.05) is 0 Å². The molecule has 0 aromatic carbocycles. The molecule has 0 unspecified atom stereocenters. The van der Waals surface area contributed by atoms with Gasteiger partial charge in [0.1, 0.15) is 0 Å². The van der Waals surface area contributed by atoms with Crippen LogP contribution in [0.25, 0.3) is 0 Å². The minimum Gasteiger partial charge on any atom is -0.351 e. The van der Waals surface area contributed by atoms with Gasteiger partial charge in [-0.1, -0.05) is 0 Å². The maximum Gasteiger partial charge on any atom is 0.0919 e. The second-order valence-corrected chi connectivity index (χ2v) is 0.761. The Bertz CT molecular complexity index is 66.7. The molecule has 4 heteroatoms. The molecule has 0 spiro atoms. The van der Waals surface area contributed by atoms with Crippen LogP contribution in [0.1, 0.15) is 0 Å². The third-order valence-electron chi connectivity index (χ3n) is 0.406. The van der Waals surface area contributed by atoms with Gasteiger partial charge in [-0.15, -0.1) is 17.0 Å². The summed E-state index contributed by atoms with van der Waals surface area (Å²) in [5.74, 6) is 0. The Kier molecular flexibility index (Phi) is 7.92. The van der Waals surface area contributed by atoms with Gasteiger partial charge in [0, 0.05) is 12.4 Å². The highest BCUT2D eigenvalue weighted by Crippen LogP contribution is 1.62. The quantitative estimate of drug-likeness (QED) is 0.607. The highest BCUT2D eigenvalue weighted by atomic mass is 79.9. The molecule has 1 rings (SSSR count). The molecule has 0 atom stereocenters. The molecule has 42 valence electrons. The predicted molar refractivity (Wildman–Crippen MR) is 33.9 cm³/mol. The van der Waals surface area contributed by atoms with Crippen molar-refractivity contribution >= 4 is 17.0 Å². The van der Waals surface area contributed by atoms with E-state index in [1.165, 1.54) is 0 Å². The molecule has 0 radical (unpaired) electrons. The molecule has 1 aromatic heterocycles. The van der Waals surface area contributed by atoms with Crippen LogP contribution >= 0.6 is 17.0 Å². The van der Waals surface area contributed by atoms with Crippen LogP contribution in [-0.4, -0.2) is 9.97 Å². The van der Waals surface area contributed by atoms with Gasteiger partial charge < -0.3 is 11.1 Å². The first-order valence-electron chi connectivity index (χ1n) is 1.43. The van der Waals surface area contributed by atoms with Crippen LogP contribution in [0.5, 0.6) is 0 Å². The molecule has 0 aliphatic heterocycles. The van der Waals surface area contributed by atoms with Gasteiger partial charge in [0.25, 0.3) is 0 Å². The van der Waals surface area contributed by atoms with Gasteiger partial charge in [0.05, 0.1) is 6.33 Å². The zero-order chi connectivity index (χ0) is 3.54. The van der Waals surface area contributed by atoms with Crippen molar-refractivity contribution in [2.75, 3.05) is 0 Å². The molecule has 7 heavy (non-hydrogen) atoms. The number of hydrogen-bond donors (Lipinski definition) is 2. The van der Waals surface area contributed by atoms with Crippen LogP contribution in [0.2, 0.25) is 0 Å². The number of H-pyrrole nitrogens is 1. The van der Waals surface area contributed by atoms with Crippen LogP contribution in [0.3, 0.4) is 0 Å². The Balaban J connectivity index is 0. The van der Waals surface area contributed by atoms with Crippen molar-refractivity contribution in [1.29, 1.82) is 0 Å². The molecule has 4 N–H and O–H groups in total. The Labute approximate surface area is 52.5 Å². The van der Waals surface area contributed by atoms with Crippen molar-refractivity contribution in [2.45, 2.75) is 0 Å². The average Bonchev–Trinajstić information content (AvgIpc) is 1.76. The Hall–Kier alpha value is -0.350. The number of nitrogens with one attached hydrogen (secondary N) is 1. The lowest BCUT2D eigenvalue weighted by Crippen LogP contribution is -1.44. The van der Waals surface area contributed by atoms with Gasteiger partial charge in [0.2, 0.25) is 0 Å². The van der Waals surface area contributed by atoms with E-state index >= 15 is 0 Å². The monoisotopic (exact) mass is 165 g/mol. The number of halogens is 1. The minimum absolute atomic E-state index is 0. The van der Waals surface area contributed by atoms with E-state index in [4.69, 9.17) is 0 Å². The molecule has 0 aliphatic carbocycles. The molecular formula is C3H8BrN3. The van der Waals surface area contributed by atoms with Crippen molar-refractivity contribution < 1.29 is 0 Å². The van der Waals surface area contributed by atoms with E-state index in [1.54, 1.807) is 18.7 Å². The number of aromatic amines is 1. The molecule has 1 aromatic rings. The van der Waals surface area contributed by atoms with E-state index in [9.17, 15) is 0 Å². The first kappa shape index (κ1) is 9.82. The van der Waals surface area contributed by atoms with Crippen LogP contribution in [0.15, 0.2) is 18.7 Å². The molecular weight excluding hydrogens is 158 g/mol. The zero-order valence-corrected chi connectivity index (χ0v) is 5.51. The summed E-state index contributed by atoms with van der Waals surface area (Å²) >= 11 is 0. The van der Waals surface area contributed by atoms with Crippen molar-refractivity contribution in [3.05, 3.63) is 18.7 Å². The van der Waals surface area contributed by atoms with Crippen molar-refractivity contribution in [3.63, 3.8) is 0 Å². The molecule has 0 saturated carbocycles. The van der Waals surface area contributed by atoms with Crippen LogP contribution < -0.4 is 6.15 Å². The molecule has 0 aliphatic rings. The van der Waals surface area contributed by atoms with E-state index in [0.29, 0.717) is 0 Å². The van der Waals surface area contributed by atoms with Gasteiger partial charge in [-0.25, -0.2) is 4.98 Å². The number of hydrogen-bond acceptors (Lipinski definition) is 2. The third kappa shape index (κ3) is 3.48. The fourth-order valence-electron chi connectivity index (χ4n) is 0.215. The topological polar surface area (TPSA) is 63.7 Å². The van der Waals surface area contributed by atoms with E-state index < -0.39 is 0 Å². The smallest absolute Gasteiger partial charge is 0.0919 e. The number of imidazole rings is 1. The number of rotatable bonds is 0. The molecule has 0 amide bonds. The predicted octanol–water partition coefficient (Wildman–Crippen LogP) is 1.15. The second-order valence-electron chi connectivity index (χ2n) is 0.761. The summed E-state index contributed by atoms with van der Waals surface area (Å²) in [5, 5.41) is 0. The summed E-state index contributed by atoms with van der Waals surface area (Å²) in [6.45, 7) is 0. The highest BCUT2D eigenvalue weighted by molar-refractivity contribution is 8.93. The first-order chi connectivity index (χ1) is 2.50.